The molecule has 9 aliphatic carbocycles. The molecule has 4 N–H and O–H groups in total. The first-order chi connectivity index (χ1) is 39.9. The molecule has 8 heterocycles. The minimum atomic E-state index is -1.47. The fourth-order valence-corrected chi connectivity index (χ4v) is 26.5. The van der Waals surface area contributed by atoms with Crippen molar-refractivity contribution in [3.8, 4) is 0 Å². The highest BCUT2D eigenvalue weighted by Crippen LogP contribution is 2.91. The van der Waals surface area contributed by atoms with Crippen LogP contribution in [0, 0.1) is 105 Å². The van der Waals surface area contributed by atoms with Gasteiger partial charge in [0, 0.05) is 41.3 Å². The largest absolute Gasteiger partial charge is 0.469 e. The number of nitrogens with zero attached hydrogens (tertiary/aromatic N) is 1. The van der Waals surface area contributed by atoms with Gasteiger partial charge in [-0.1, -0.05) is 87.9 Å². The Morgan fingerprint density at radius 3 is 2.61 bits per heavy atom. The van der Waals surface area contributed by atoms with Crippen molar-refractivity contribution in [2.24, 2.45) is 105 Å². The first-order valence-corrected chi connectivity index (χ1v) is 33.1. The molecular formula is C69H86N2O11. The smallest absolute Gasteiger partial charge is 0.339 e. The van der Waals surface area contributed by atoms with E-state index < -0.39 is 80.7 Å². The van der Waals surface area contributed by atoms with Crippen LogP contribution in [0.1, 0.15) is 152 Å². The van der Waals surface area contributed by atoms with Crippen LogP contribution in [-0.2, 0) is 46.2 Å². The van der Waals surface area contributed by atoms with Crippen LogP contribution in [-0.4, -0.2) is 106 Å². The summed E-state index contributed by atoms with van der Waals surface area (Å²) in [7, 11) is 0. The van der Waals surface area contributed by atoms with E-state index in [0.29, 0.717) is 42.4 Å². The standard InChI is InChI=1S/C69H86N2O11/c1-63-31-42-32-64-22-8-14-43(64)28-46-29-45-18-16-39-12-5-6-15-50(39)67(45)56-54(74)58(75)66(44-13-7-11-38(26-44)25-37-9-3-2-4-10-37,55(42)65(56)35-79-61(76)57(64)68(46,65)82-67)69(63)60(81-69)62(77)80-59(63)48-21-24-78-53(48)30-49(52(73)34-72)40-17-19-47-41(27-40)20-23-71-36-70-33-51(47)71/h2-4,9-10,20-21,23-24,29,38-45,47,49-52,55-60,70,72-73,75H,5-8,11-19,22,25-28,30-36H2,1H3. The van der Waals surface area contributed by atoms with E-state index in [4.69, 9.17) is 23.4 Å². The first kappa shape index (κ1) is 51.4. The number of esters is 2. The van der Waals surface area contributed by atoms with Crippen molar-refractivity contribution >= 4 is 17.7 Å². The van der Waals surface area contributed by atoms with Crippen molar-refractivity contribution in [1.29, 1.82) is 0 Å². The van der Waals surface area contributed by atoms with Crippen LogP contribution in [0.5, 0.6) is 0 Å². The molecule has 9 saturated carbocycles. The molecule has 13 heteroatoms. The van der Waals surface area contributed by atoms with Gasteiger partial charge in [-0.15, -0.1) is 0 Å². The molecule has 16 aliphatic rings. The summed E-state index contributed by atoms with van der Waals surface area (Å²) in [5.74, 6) is -0.308. The lowest BCUT2D eigenvalue weighted by Gasteiger charge is -2.73. The lowest BCUT2D eigenvalue weighted by atomic mass is 9.29. The molecule has 0 amide bonds. The second-order valence-electron chi connectivity index (χ2n) is 30.9. The second-order valence-corrected chi connectivity index (χ2v) is 30.9. The predicted molar refractivity (Wildman–Crippen MR) is 298 cm³/mol. The number of allylic oxidation sites excluding steroid dienone is 1. The van der Waals surface area contributed by atoms with Crippen LogP contribution >= 0.6 is 0 Å². The molecule has 14 fully saturated rings. The van der Waals surface area contributed by atoms with Crippen LogP contribution in [0.15, 0.2) is 71.0 Å². The SMILES string of the molecule is CC12CC3CC45CCCC4CC4=CC6CCC7CCCCC7C67OC46C5C(=O)OCC64C7C(=O)C(O)C(C5CCCC(Cc6ccccc6)C5)(C34)C13OC3C(=O)OC2c1ccoc1CC(C(O)CO)C1CCC2C(C=CN3CNCC23)C1. The number of benzene rings is 1. The van der Waals surface area contributed by atoms with E-state index in [-0.39, 0.29) is 78.2 Å². The topological polar surface area (TPSA) is 181 Å². The number of cyclic esters (lactones) is 2. The van der Waals surface area contributed by atoms with E-state index in [0.717, 1.165) is 134 Å². The third kappa shape index (κ3) is 5.94. The number of Topliss-reactive ketones (excluding diaryl/α,β-unsaturated/α-hetero) is 1. The van der Waals surface area contributed by atoms with Crippen molar-refractivity contribution < 1.29 is 53.1 Å². The number of ketones is 1. The van der Waals surface area contributed by atoms with Crippen LogP contribution in [0.3, 0.4) is 0 Å². The minimum Gasteiger partial charge on any atom is -0.469 e. The fourth-order valence-electron chi connectivity index (χ4n) is 26.5. The highest BCUT2D eigenvalue weighted by atomic mass is 16.7. The van der Waals surface area contributed by atoms with Crippen LogP contribution in [0.25, 0.3) is 0 Å². The summed E-state index contributed by atoms with van der Waals surface area (Å²) in [6.07, 6.45) is 23.8. The van der Waals surface area contributed by atoms with Gasteiger partial charge in [-0.2, -0.15) is 0 Å². The summed E-state index contributed by atoms with van der Waals surface area (Å²) in [5.41, 5.74) is -3.70. The molecular weight excluding hydrogens is 1030 g/mol. The van der Waals surface area contributed by atoms with Gasteiger partial charge in [-0.25, -0.2) is 4.79 Å². The maximum atomic E-state index is 17.5. The summed E-state index contributed by atoms with van der Waals surface area (Å²) < 4.78 is 36.9. The molecule has 26 unspecified atom stereocenters. The van der Waals surface area contributed by atoms with E-state index in [1.54, 1.807) is 6.26 Å². The zero-order valence-electron chi connectivity index (χ0n) is 48.0. The number of carbonyl (C=O) groups excluding carboxylic acids is 3. The molecule has 1 aromatic heterocycles. The number of aliphatic hydroxyl groups excluding tert-OH is 3. The number of carbonyl (C=O) groups is 3. The van der Waals surface area contributed by atoms with E-state index in [1.165, 1.54) is 17.6 Å². The third-order valence-electron chi connectivity index (χ3n) is 28.6. The van der Waals surface area contributed by atoms with E-state index in [1.807, 2.05) is 6.07 Å². The number of fused-ring (bicyclic) bond motifs is 4. The number of hydrogen-bond donors (Lipinski definition) is 4. The Labute approximate surface area is 482 Å². The molecule has 0 radical (unpaired) electrons. The Morgan fingerprint density at radius 1 is 0.866 bits per heavy atom. The molecule has 82 heavy (non-hydrogen) atoms. The molecule has 5 bridgehead atoms. The van der Waals surface area contributed by atoms with Crippen molar-refractivity contribution in [1.82, 2.24) is 10.2 Å². The third-order valence-corrected chi connectivity index (χ3v) is 28.6. The van der Waals surface area contributed by atoms with Gasteiger partial charge in [0.15, 0.2) is 11.9 Å². The average molecular weight is 1120 g/mol. The van der Waals surface area contributed by atoms with Crippen molar-refractivity contribution in [3.05, 3.63) is 83.5 Å². The zero-order chi connectivity index (χ0) is 55.1. The first-order valence-electron chi connectivity index (χ1n) is 33.1. The summed E-state index contributed by atoms with van der Waals surface area (Å²) in [4.78, 5) is 51.3. The van der Waals surface area contributed by atoms with Gasteiger partial charge in [0.25, 0.3) is 0 Å². The van der Waals surface area contributed by atoms with E-state index in [2.05, 4.69) is 65.8 Å². The minimum absolute atomic E-state index is 0.00105. The highest BCUT2D eigenvalue weighted by Gasteiger charge is 2.99. The summed E-state index contributed by atoms with van der Waals surface area (Å²) in [6, 6.07) is 13.2. The quantitative estimate of drug-likeness (QED) is 0.106. The highest BCUT2D eigenvalue weighted by molar-refractivity contribution is 5.94. The molecule has 18 rings (SSSR count). The Kier molecular flexibility index (Phi) is 10.9. The lowest BCUT2D eigenvalue weighted by molar-refractivity contribution is -0.301. The average Bonchev–Trinajstić information content (AvgIpc) is 1.44. The Balaban J connectivity index is 0.830. The Bertz CT molecular complexity index is 3070. The van der Waals surface area contributed by atoms with Crippen molar-refractivity contribution in [3.63, 3.8) is 0 Å². The lowest BCUT2D eigenvalue weighted by Crippen LogP contribution is -2.82. The van der Waals surface area contributed by atoms with Gasteiger partial charge >= 0.3 is 11.9 Å². The number of ether oxygens (including phenoxy) is 4. The van der Waals surface area contributed by atoms with Gasteiger partial charge in [-0.05, 0) is 184 Å². The number of epoxide rings is 1. The Morgan fingerprint density at radius 2 is 1.73 bits per heavy atom. The van der Waals surface area contributed by atoms with Gasteiger partial charge in [-0.3, -0.25) is 14.9 Å². The number of aliphatic hydroxyl groups is 3. The number of furan rings is 1. The fraction of sp³-hybridized carbons (Fsp3) is 0.754. The van der Waals surface area contributed by atoms with Crippen LogP contribution in [0.2, 0.25) is 0 Å². The monoisotopic (exact) mass is 1120 g/mol. The van der Waals surface area contributed by atoms with E-state index >= 15 is 14.4 Å². The van der Waals surface area contributed by atoms with Crippen LogP contribution < -0.4 is 5.32 Å². The van der Waals surface area contributed by atoms with Crippen molar-refractivity contribution in [2.75, 3.05) is 26.4 Å². The summed E-state index contributed by atoms with van der Waals surface area (Å²) >= 11 is 0. The molecule has 438 valence electrons. The maximum Gasteiger partial charge on any atom is 0.339 e. The molecule has 13 nitrogen and oxygen atoms in total. The van der Waals surface area contributed by atoms with Crippen LogP contribution in [0.4, 0.5) is 0 Å². The normalized spacial score (nSPS) is 52.7. The van der Waals surface area contributed by atoms with Crippen molar-refractivity contribution in [2.45, 2.75) is 189 Å². The molecule has 5 spiro atoms. The summed E-state index contributed by atoms with van der Waals surface area (Å²) in [6.45, 7) is 3.85. The molecule has 7 aliphatic heterocycles. The zero-order valence-corrected chi connectivity index (χ0v) is 48.0. The second kappa shape index (κ2) is 17.4. The maximum absolute atomic E-state index is 17.5. The predicted octanol–water partition coefficient (Wildman–Crippen LogP) is 8.97. The summed E-state index contributed by atoms with van der Waals surface area (Å²) in [5, 5.41) is 41.1. The number of rotatable bonds is 9. The van der Waals surface area contributed by atoms with Gasteiger partial charge < -0.3 is 43.6 Å². The number of hydrogen-bond acceptors (Lipinski definition) is 13. The molecule has 2 aromatic rings. The molecule has 5 saturated heterocycles. The van der Waals surface area contributed by atoms with E-state index in [9.17, 15) is 15.3 Å². The van der Waals surface area contributed by atoms with Gasteiger partial charge in [0.2, 0.25) is 0 Å². The number of nitrogens with one attached hydrogen (secondary N) is 1. The molecule has 26 atom stereocenters. The van der Waals surface area contributed by atoms with Gasteiger partial charge in [0.1, 0.15) is 35.8 Å². The van der Waals surface area contributed by atoms with Gasteiger partial charge in [0.05, 0.1) is 48.5 Å². The molecule has 1 aromatic carbocycles. The Hall–Kier alpha value is -3.85.